The van der Waals surface area contributed by atoms with Gasteiger partial charge in [-0.25, -0.2) is 4.39 Å². The molecular weight excluding hydrogens is 313 g/mol. The molecule has 0 radical (unpaired) electrons. The molecule has 0 unspecified atom stereocenters. The number of nitrogens with two attached hydrogens (primary N) is 1. The molecule has 6 heteroatoms. The predicted molar refractivity (Wildman–Crippen MR) is 77.2 cm³/mol. The second-order valence-electron chi connectivity index (χ2n) is 3.77. The van der Waals surface area contributed by atoms with Gasteiger partial charge in [0.2, 0.25) is 5.88 Å². The average Bonchev–Trinajstić information content (AvgIpc) is 2.37. The van der Waals surface area contributed by atoms with Crippen LogP contribution in [-0.2, 0) is 0 Å². The van der Waals surface area contributed by atoms with Gasteiger partial charge in [0.25, 0.3) is 0 Å². The van der Waals surface area contributed by atoms with Crippen LogP contribution in [0.15, 0.2) is 34.8 Å². The fourth-order valence-electron chi connectivity index (χ4n) is 1.50. The number of halogens is 2. The first-order valence-corrected chi connectivity index (χ1v) is 6.51. The van der Waals surface area contributed by atoms with E-state index in [4.69, 9.17) is 10.5 Å². The number of benzene rings is 1. The third kappa shape index (κ3) is 3.35. The van der Waals surface area contributed by atoms with Gasteiger partial charge in [0.05, 0.1) is 18.0 Å². The molecule has 0 aliphatic rings. The van der Waals surface area contributed by atoms with Crippen molar-refractivity contribution in [2.24, 2.45) is 0 Å². The van der Waals surface area contributed by atoms with Crippen molar-refractivity contribution in [2.45, 2.75) is 6.92 Å². The molecule has 3 N–H and O–H groups in total. The Labute approximate surface area is 118 Å². The Hall–Kier alpha value is -1.82. The summed E-state index contributed by atoms with van der Waals surface area (Å²) >= 11 is 3.28. The molecule has 100 valence electrons. The molecule has 0 aliphatic carbocycles. The zero-order valence-corrected chi connectivity index (χ0v) is 11.9. The van der Waals surface area contributed by atoms with Crippen LogP contribution >= 0.6 is 15.9 Å². The normalized spacial score (nSPS) is 10.3. The topological polar surface area (TPSA) is 60.2 Å². The third-order valence-corrected chi connectivity index (χ3v) is 3.02. The molecule has 0 amide bonds. The van der Waals surface area contributed by atoms with E-state index in [-0.39, 0.29) is 5.82 Å². The molecule has 2 aromatic rings. The highest BCUT2D eigenvalue weighted by Gasteiger charge is 2.06. The summed E-state index contributed by atoms with van der Waals surface area (Å²) in [6.45, 7) is 2.35. The largest absolute Gasteiger partial charge is 0.476 e. The molecule has 4 nitrogen and oxygen atoms in total. The number of aromatic nitrogens is 1. The van der Waals surface area contributed by atoms with Crippen molar-refractivity contribution in [2.75, 3.05) is 17.7 Å². The highest BCUT2D eigenvalue weighted by Crippen LogP contribution is 2.28. The van der Waals surface area contributed by atoms with Gasteiger partial charge in [0, 0.05) is 4.47 Å². The Balaban J connectivity index is 2.25. The fraction of sp³-hybridized carbons (Fsp3) is 0.154. The number of anilines is 3. The fourth-order valence-corrected chi connectivity index (χ4v) is 1.95. The van der Waals surface area contributed by atoms with Gasteiger partial charge in [-0.2, -0.15) is 4.98 Å². The molecule has 0 saturated carbocycles. The van der Waals surface area contributed by atoms with Crippen LogP contribution < -0.4 is 15.8 Å². The molecule has 1 aromatic carbocycles. The first kappa shape index (κ1) is 13.6. The van der Waals surface area contributed by atoms with Crippen molar-refractivity contribution in [3.63, 3.8) is 0 Å². The monoisotopic (exact) mass is 325 g/mol. The maximum Gasteiger partial charge on any atom is 0.239 e. The van der Waals surface area contributed by atoms with Crippen molar-refractivity contribution >= 4 is 33.1 Å². The van der Waals surface area contributed by atoms with Crippen molar-refractivity contribution in [1.29, 1.82) is 0 Å². The SMILES string of the molecule is CCOc1nc(Nc2ccc(F)cc2Br)ccc1N. The van der Waals surface area contributed by atoms with Gasteiger partial charge in [-0.15, -0.1) is 0 Å². The van der Waals surface area contributed by atoms with Crippen molar-refractivity contribution in [3.05, 3.63) is 40.6 Å². The van der Waals surface area contributed by atoms with E-state index in [2.05, 4.69) is 26.2 Å². The summed E-state index contributed by atoms with van der Waals surface area (Å²) in [6.07, 6.45) is 0. The van der Waals surface area contributed by atoms with Crippen LogP contribution in [0.2, 0.25) is 0 Å². The second kappa shape index (κ2) is 5.88. The van der Waals surface area contributed by atoms with Gasteiger partial charge >= 0.3 is 0 Å². The number of nitrogens with zero attached hydrogens (tertiary/aromatic N) is 1. The van der Waals surface area contributed by atoms with Crippen molar-refractivity contribution in [3.8, 4) is 5.88 Å². The quantitative estimate of drug-likeness (QED) is 0.899. The average molecular weight is 326 g/mol. The smallest absolute Gasteiger partial charge is 0.239 e. The Morgan fingerprint density at radius 2 is 2.16 bits per heavy atom. The van der Waals surface area contributed by atoms with E-state index in [1.807, 2.05) is 6.92 Å². The molecule has 0 bridgehead atoms. The van der Waals surface area contributed by atoms with Crippen LogP contribution in [0.4, 0.5) is 21.6 Å². The van der Waals surface area contributed by atoms with Crippen LogP contribution in [0.5, 0.6) is 5.88 Å². The summed E-state index contributed by atoms with van der Waals surface area (Å²) in [4.78, 5) is 4.25. The lowest BCUT2D eigenvalue weighted by Gasteiger charge is -2.11. The zero-order valence-electron chi connectivity index (χ0n) is 10.3. The molecule has 0 aliphatic heterocycles. The number of pyridine rings is 1. The van der Waals surface area contributed by atoms with Crippen LogP contribution in [0, 0.1) is 5.82 Å². The molecular formula is C13H13BrFN3O. The number of hydrogen-bond acceptors (Lipinski definition) is 4. The van der Waals surface area contributed by atoms with Gasteiger partial charge in [0.1, 0.15) is 11.6 Å². The number of ether oxygens (including phenoxy) is 1. The van der Waals surface area contributed by atoms with E-state index in [9.17, 15) is 4.39 Å². The predicted octanol–water partition coefficient (Wildman–Crippen LogP) is 3.71. The molecule has 0 spiro atoms. The number of rotatable bonds is 4. The molecule has 0 saturated heterocycles. The molecule has 0 atom stereocenters. The Morgan fingerprint density at radius 1 is 1.37 bits per heavy atom. The minimum atomic E-state index is -0.308. The summed E-state index contributed by atoms with van der Waals surface area (Å²) in [6, 6.07) is 7.81. The summed E-state index contributed by atoms with van der Waals surface area (Å²) < 4.78 is 18.9. The molecule has 1 heterocycles. The minimum Gasteiger partial charge on any atom is -0.476 e. The van der Waals surface area contributed by atoms with Crippen LogP contribution in [0.25, 0.3) is 0 Å². The third-order valence-electron chi connectivity index (χ3n) is 2.36. The Kier molecular flexibility index (Phi) is 4.21. The second-order valence-corrected chi connectivity index (χ2v) is 4.63. The molecule has 19 heavy (non-hydrogen) atoms. The molecule has 0 fully saturated rings. The first-order chi connectivity index (χ1) is 9.10. The lowest BCUT2D eigenvalue weighted by Crippen LogP contribution is -2.02. The number of hydrogen-bond donors (Lipinski definition) is 2. The maximum atomic E-state index is 13.0. The minimum absolute atomic E-state index is 0.308. The van der Waals surface area contributed by atoms with Crippen molar-refractivity contribution < 1.29 is 9.13 Å². The lowest BCUT2D eigenvalue weighted by atomic mass is 10.3. The van der Waals surface area contributed by atoms with Crippen molar-refractivity contribution in [1.82, 2.24) is 4.98 Å². The Bertz CT molecular complexity index is 592. The standard InChI is InChI=1S/C13H13BrFN3O/c1-2-19-13-10(16)4-6-12(18-13)17-11-5-3-8(15)7-9(11)14/h3-7H,2,16H2,1H3,(H,17,18). The van der Waals surface area contributed by atoms with E-state index in [0.29, 0.717) is 34.2 Å². The Morgan fingerprint density at radius 3 is 2.84 bits per heavy atom. The lowest BCUT2D eigenvalue weighted by molar-refractivity contribution is 0.329. The van der Waals surface area contributed by atoms with Crippen LogP contribution in [-0.4, -0.2) is 11.6 Å². The van der Waals surface area contributed by atoms with Crippen LogP contribution in [0.1, 0.15) is 6.92 Å². The van der Waals surface area contributed by atoms with E-state index < -0.39 is 0 Å². The highest BCUT2D eigenvalue weighted by molar-refractivity contribution is 9.10. The van der Waals surface area contributed by atoms with Gasteiger partial charge in [0.15, 0.2) is 0 Å². The van der Waals surface area contributed by atoms with Gasteiger partial charge in [-0.05, 0) is 53.2 Å². The van der Waals surface area contributed by atoms with E-state index >= 15 is 0 Å². The van der Waals surface area contributed by atoms with E-state index in [0.717, 1.165) is 0 Å². The summed E-state index contributed by atoms with van der Waals surface area (Å²) in [5, 5.41) is 3.07. The zero-order chi connectivity index (χ0) is 13.8. The summed E-state index contributed by atoms with van der Waals surface area (Å²) in [7, 11) is 0. The summed E-state index contributed by atoms with van der Waals surface area (Å²) in [5.41, 5.74) is 6.93. The summed E-state index contributed by atoms with van der Waals surface area (Å²) in [5.74, 6) is 0.647. The molecule has 1 aromatic heterocycles. The number of nitrogen functional groups attached to an aromatic ring is 1. The number of nitrogens with one attached hydrogen (secondary N) is 1. The van der Waals surface area contributed by atoms with E-state index in [1.165, 1.54) is 12.1 Å². The van der Waals surface area contributed by atoms with Crippen LogP contribution in [0.3, 0.4) is 0 Å². The van der Waals surface area contributed by atoms with Gasteiger partial charge < -0.3 is 15.8 Å². The highest BCUT2D eigenvalue weighted by atomic mass is 79.9. The maximum absolute atomic E-state index is 13.0. The van der Waals surface area contributed by atoms with Gasteiger partial charge in [-0.1, -0.05) is 0 Å². The van der Waals surface area contributed by atoms with E-state index in [1.54, 1.807) is 18.2 Å². The first-order valence-electron chi connectivity index (χ1n) is 5.71. The van der Waals surface area contributed by atoms with Gasteiger partial charge in [-0.3, -0.25) is 0 Å². The molecule has 2 rings (SSSR count).